The molecule has 0 saturated heterocycles. The molecule has 2 heterocycles. The van der Waals surface area contributed by atoms with Gasteiger partial charge in [-0.05, 0) is 81.1 Å². The Morgan fingerprint density at radius 1 is 1.00 bits per heavy atom. The Morgan fingerprint density at radius 3 is 2.49 bits per heavy atom. The van der Waals surface area contributed by atoms with Gasteiger partial charge in [-0.1, -0.05) is 44.2 Å². The van der Waals surface area contributed by atoms with E-state index in [9.17, 15) is 9.59 Å². The molecule has 0 aliphatic rings. The van der Waals surface area contributed by atoms with Crippen molar-refractivity contribution in [2.24, 2.45) is 7.05 Å². The molecule has 2 amide bonds. The largest absolute Gasteiger partial charge is 0.361 e. The first kappa shape index (κ1) is 32.0. The number of aromatic amines is 1. The second-order valence-electron chi connectivity index (χ2n) is 11.2. The number of para-hydroxylation sites is 1. The molecule has 0 spiro atoms. The van der Waals surface area contributed by atoms with Gasteiger partial charge in [0.2, 0.25) is 5.91 Å². The van der Waals surface area contributed by atoms with Crippen LogP contribution in [0.5, 0.6) is 0 Å². The number of aromatic nitrogens is 3. The maximum atomic E-state index is 13.4. The zero-order chi connectivity index (χ0) is 30.4. The molecule has 4 rings (SSSR count). The van der Waals surface area contributed by atoms with Gasteiger partial charge in [-0.15, -0.1) is 0 Å². The summed E-state index contributed by atoms with van der Waals surface area (Å²) >= 11 is 0. The molecule has 230 valence electrons. The van der Waals surface area contributed by atoms with Crippen LogP contribution in [0.4, 0.5) is 0 Å². The van der Waals surface area contributed by atoms with E-state index in [1.165, 1.54) is 10.9 Å². The SMILES string of the molecule is CCCN(CCC)CCC[C@H](NC(=O)c1ccc(CNCc2nccn2C)cc1)C(=O)NCCc1c[nH]c2ccccc12. The van der Waals surface area contributed by atoms with Gasteiger partial charge in [0.1, 0.15) is 11.9 Å². The fourth-order valence-electron chi connectivity index (χ4n) is 5.44. The first-order valence-electron chi connectivity index (χ1n) is 15.6. The van der Waals surface area contributed by atoms with Crippen LogP contribution in [0.3, 0.4) is 0 Å². The number of nitrogens with zero attached hydrogens (tertiary/aromatic N) is 3. The van der Waals surface area contributed by atoms with E-state index in [-0.39, 0.29) is 11.8 Å². The van der Waals surface area contributed by atoms with Gasteiger partial charge in [0, 0.05) is 55.2 Å². The van der Waals surface area contributed by atoms with Crippen LogP contribution in [0.2, 0.25) is 0 Å². The molecule has 0 radical (unpaired) electrons. The van der Waals surface area contributed by atoms with Gasteiger partial charge in [0.15, 0.2) is 0 Å². The normalized spacial score (nSPS) is 12.1. The summed E-state index contributed by atoms with van der Waals surface area (Å²) in [5.74, 6) is 0.596. The van der Waals surface area contributed by atoms with Crippen LogP contribution in [0.15, 0.2) is 67.1 Å². The van der Waals surface area contributed by atoms with Gasteiger partial charge in [-0.2, -0.15) is 0 Å². The second kappa shape index (κ2) is 16.6. The molecular weight excluding hydrogens is 538 g/mol. The average Bonchev–Trinajstić information content (AvgIpc) is 3.62. The maximum absolute atomic E-state index is 13.4. The van der Waals surface area contributed by atoms with E-state index in [0.717, 1.165) is 55.8 Å². The lowest BCUT2D eigenvalue weighted by Gasteiger charge is -2.23. The summed E-state index contributed by atoms with van der Waals surface area (Å²) in [5, 5.41) is 10.7. The number of carbonyl (C=O) groups excluding carboxylic acids is 2. The van der Waals surface area contributed by atoms with E-state index in [1.54, 1.807) is 6.20 Å². The third-order valence-electron chi connectivity index (χ3n) is 7.79. The number of amides is 2. The number of fused-ring (bicyclic) bond motifs is 1. The number of rotatable bonds is 18. The second-order valence-corrected chi connectivity index (χ2v) is 11.2. The lowest BCUT2D eigenvalue weighted by atomic mass is 10.1. The summed E-state index contributed by atoms with van der Waals surface area (Å²) in [7, 11) is 1.97. The van der Waals surface area contributed by atoms with Crippen molar-refractivity contribution >= 4 is 22.7 Å². The summed E-state index contributed by atoms with van der Waals surface area (Å²) in [4.78, 5) is 36.7. The van der Waals surface area contributed by atoms with Crippen molar-refractivity contribution in [3.05, 3.63) is 89.6 Å². The molecule has 9 heteroatoms. The van der Waals surface area contributed by atoms with Crippen molar-refractivity contribution in [1.82, 2.24) is 35.4 Å². The smallest absolute Gasteiger partial charge is 0.251 e. The molecule has 9 nitrogen and oxygen atoms in total. The Labute approximate surface area is 255 Å². The maximum Gasteiger partial charge on any atom is 0.251 e. The minimum atomic E-state index is -0.597. The van der Waals surface area contributed by atoms with Crippen LogP contribution in [-0.2, 0) is 31.4 Å². The molecule has 2 aromatic heterocycles. The van der Waals surface area contributed by atoms with Crippen molar-refractivity contribution in [2.45, 2.75) is 65.1 Å². The molecule has 4 N–H and O–H groups in total. The van der Waals surface area contributed by atoms with Crippen LogP contribution in [0.25, 0.3) is 10.9 Å². The lowest BCUT2D eigenvalue weighted by Crippen LogP contribution is -2.47. The number of hydrogen-bond donors (Lipinski definition) is 4. The number of hydrogen-bond acceptors (Lipinski definition) is 5. The summed E-state index contributed by atoms with van der Waals surface area (Å²) in [5.41, 5.74) is 3.88. The number of benzene rings is 2. The molecule has 1 atom stereocenters. The fraction of sp³-hybridized carbons (Fsp3) is 0.441. The van der Waals surface area contributed by atoms with E-state index in [1.807, 2.05) is 60.4 Å². The number of aryl methyl sites for hydroxylation is 1. The molecule has 0 bridgehead atoms. The third-order valence-corrected chi connectivity index (χ3v) is 7.79. The quantitative estimate of drug-likeness (QED) is 0.137. The van der Waals surface area contributed by atoms with Gasteiger partial charge in [-0.3, -0.25) is 9.59 Å². The van der Waals surface area contributed by atoms with Crippen LogP contribution in [-0.4, -0.2) is 63.5 Å². The summed E-state index contributed by atoms with van der Waals surface area (Å²) in [6.45, 7) is 9.22. The van der Waals surface area contributed by atoms with Gasteiger partial charge < -0.3 is 30.4 Å². The Balaban J connectivity index is 1.33. The molecule has 4 aromatic rings. The lowest BCUT2D eigenvalue weighted by molar-refractivity contribution is -0.123. The highest BCUT2D eigenvalue weighted by molar-refractivity contribution is 5.97. The van der Waals surface area contributed by atoms with E-state index in [2.05, 4.69) is 56.8 Å². The van der Waals surface area contributed by atoms with Crippen LogP contribution >= 0.6 is 0 Å². The zero-order valence-electron chi connectivity index (χ0n) is 25.9. The Hall–Kier alpha value is -3.95. The molecule has 0 unspecified atom stereocenters. The zero-order valence-corrected chi connectivity index (χ0v) is 25.9. The van der Waals surface area contributed by atoms with E-state index < -0.39 is 6.04 Å². The first-order valence-corrected chi connectivity index (χ1v) is 15.6. The number of H-pyrrole nitrogens is 1. The molecular formula is C34H47N7O2. The molecule has 2 aromatic carbocycles. The highest BCUT2D eigenvalue weighted by atomic mass is 16.2. The number of imidazole rings is 1. The van der Waals surface area contributed by atoms with Crippen molar-refractivity contribution < 1.29 is 9.59 Å². The van der Waals surface area contributed by atoms with Crippen molar-refractivity contribution in [3.63, 3.8) is 0 Å². The molecule has 0 aliphatic carbocycles. The van der Waals surface area contributed by atoms with Crippen molar-refractivity contribution in [3.8, 4) is 0 Å². The van der Waals surface area contributed by atoms with Gasteiger partial charge in [0.05, 0.1) is 6.54 Å². The molecule has 0 aliphatic heterocycles. The minimum absolute atomic E-state index is 0.138. The number of carbonyl (C=O) groups is 2. The summed E-state index contributed by atoms with van der Waals surface area (Å²) < 4.78 is 1.99. The van der Waals surface area contributed by atoms with Crippen LogP contribution < -0.4 is 16.0 Å². The van der Waals surface area contributed by atoms with Crippen molar-refractivity contribution in [1.29, 1.82) is 0 Å². The van der Waals surface area contributed by atoms with E-state index in [0.29, 0.717) is 38.0 Å². The fourth-order valence-corrected chi connectivity index (χ4v) is 5.44. The molecule has 0 saturated carbocycles. The topological polar surface area (TPSA) is 107 Å². The van der Waals surface area contributed by atoms with Crippen LogP contribution in [0, 0.1) is 0 Å². The highest BCUT2D eigenvalue weighted by Crippen LogP contribution is 2.17. The van der Waals surface area contributed by atoms with E-state index >= 15 is 0 Å². The van der Waals surface area contributed by atoms with Gasteiger partial charge >= 0.3 is 0 Å². The minimum Gasteiger partial charge on any atom is -0.361 e. The summed E-state index contributed by atoms with van der Waals surface area (Å²) in [6, 6.07) is 15.1. The van der Waals surface area contributed by atoms with E-state index in [4.69, 9.17) is 0 Å². The Bertz CT molecular complexity index is 1420. The van der Waals surface area contributed by atoms with Gasteiger partial charge in [0.25, 0.3) is 5.91 Å². The average molecular weight is 586 g/mol. The number of nitrogens with one attached hydrogen (secondary N) is 4. The third kappa shape index (κ3) is 9.53. The van der Waals surface area contributed by atoms with Crippen LogP contribution in [0.1, 0.15) is 66.8 Å². The standard InChI is InChI=1S/C34H47N7O2/c1-4-19-41(20-5-2)21-8-11-31(34(43)37-17-16-28-24-38-30-10-7-6-9-29(28)30)39-33(42)27-14-12-26(13-15-27)23-35-25-32-36-18-22-40(32)3/h6-7,9-10,12-15,18,22,24,31,35,38H,4-5,8,11,16-17,19-21,23,25H2,1-3H3,(H,37,43)(H,39,42)/t31-/m0/s1. The Morgan fingerprint density at radius 2 is 1.77 bits per heavy atom. The van der Waals surface area contributed by atoms with Crippen molar-refractivity contribution in [2.75, 3.05) is 26.2 Å². The monoisotopic (exact) mass is 585 g/mol. The predicted octanol–water partition coefficient (Wildman–Crippen LogP) is 4.55. The first-order chi connectivity index (χ1) is 21.0. The highest BCUT2D eigenvalue weighted by Gasteiger charge is 2.21. The molecule has 43 heavy (non-hydrogen) atoms. The predicted molar refractivity (Wildman–Crippen MR) is 173 cm³/mol. The summed E-state index contributed by atoms with van der Waals surface area (Å²) in [6.07, 6.45) is 10.1. The Kier molecular flexibility index (Phi) is 12.4. The molecule has 0 fully saturated rings. The van der Waals surface area contributed by atoms with Gasteiger partial charge in [-0.25, -0.2) is 4.98 Å².